The zero-order valence-corrected chi connectivity index (χ0v) is 15.9. The Morgan fingerprint density at radius 2 is 2.00 bits per heavy atom. The molecule has 3 heterocycles. The van der Waals surface area contributed by atoms with Crippen LogP contribution in [0.5, 0.6) is 0 Å². The van der Waals surface area contributed by atoms with Crippen LogP contribution in [0.4, 0.5) is 15.9 Å². The van der Waals surface area contributed by atoms with Crippen LogP contribution >= 0.6 is 0 Å². The molecule has 0 atom stereocenters. The summed E-state index contributed by atoms with van der Waals surface area (Å²) >= 11 is 0. The second kappa shape index (κ2) is 5.89. The molecule has 29 heavy (non-hydrogen) atoms. The Morgan fingerprint density at radius 3 is 2.86 bits per heavy atom. The monoisotopic (exact) mass is 385 g/mol. The minimum atomic E-state index is -0.473. The predicted octanol–water partition coefficient (Wildman–Crippen LogP) is 4.55. The molecule has 0 saturated heterocycles. The van der Waals surface area contributed by atoms with Crippen LogP contribution in [0, 0.1) is 5.82 Å². The van der Waals surface area contributed by atoms with Crippen molar-refractivity contribution in [3.05, 3.63) is 77.2 Å². The van der Waals surface area contributed by atoms with Crippen molar-refractivity contribution < 1.29 is 9.18 Å². The van der Waals surface area contributed by atoms with Crippen LogP contribution in [-0.4, -0.2) is 24.0 Å². The first-order chi connectivity index (χ1) is 14.2. The summed E-state index contributed by atoms with van der Waals surface area (Å²) in [7, 11) is 0. The quantitative estimate of drug-likeness (QED) is 0.704. The van der Waals surface area contributed by atoms with E-state index >= 15 is 4.39 Å². The van der Waals surface area contributed by atoms with E-state index in [4.69, 9.17) is 0 Å². The van der Waals surface area contributed by atoms with Crippen molar-refractivity contribution >= 4 is 17.4 Å². The number of fused-ring (bicyclic) bond motifs is 3. The molecule has 0 radical (unpaired) electrons. The van der Waals surface area contributed by atoms with Crippen molar-refractivity contribution in [2.75, 3.05) is 23.3 Å². The molecular formula is C24H20FN3O. The Morgan fingerprint density at radius 1 is 1.14 bits per heavy atom. The maximum absolute atomic E-state index is 15.5. The lowest BCUT2D eigenvalue weighted by Gasteiger charge is -2.18. The summed E-state index contributed by atoms with van der Waals surface area (Å²) in [4.78, 5) is 19.4. The number of carbonyl (C=O) groups excluding carboxylic acids is 1. The molecule has 2 aliphatic heterocycles. The van der Waals surface area contributed by atoms with E-state index in [0.717, 1.165) is 48.4 Å². The molecule has 3 aliphatic rings. The minimum absolute atomic E-state index is 0.110. The van der Waals surface area contributed by atoms with Crippen LogP contribution in [0.1, 0.15) is 34.3 Å². The average molecular weight is 385 g/mol. The van der Waals surface area contributed by atoms with Gasteiger partial charge in [0.15, 0.2) is 0 Å². The topological polar surface area (TPSA) is 45.2 Å². The van der Waals surface area contributed by atoms with E-state index in [-0.39, 0.29) is 16.9 Å². The predicted molar refractivity (Wildman–Crippen MR) is 111 cm³/mol. The van der Waals surface area contributed by atoms with E-state index in [2.05, 4.69) is 10.3 Å². The zero-order chi connectivity index (χ0) is 19.6. The summed E-state index contributed by atoms with van der Waals surface area (Å²) in [6.07, 6.45) is 4.79. The Bertz CT molecular complexity index is 1170. The fourth-order valence-electron chi connectivity index (χ4n) is 4.72. The number of benzene rings is 2. The molecule has 0 unspecified atom stereocenters. The minimum Gasteiger partial charge on any atom is -0.369 e. The highest BCUT2D eigenvalue weighted by Gasteiger charge is 2.49. The Labute approximate surface area is 168 Å². The van der Waals surface area contributed by atoms with Gasteiger partial charge in [-0.2, -0.15) is 0 Å². The second-order valence-electron chi connectivity index (χ2n) is 8.26. The average Bonchev–Trinajstić information content (AvgIpc) is 3.27. The third-order valence-corrected chi connectivity index (χ3v) is 6.58. The van der Waals surface area contributed by atoms with Crippen molar-refractivity contribution in [1.82, 2.24) is 4.98 Å². The van der Waals surface area contributed by atoms with Crippen LogP contribution in [-0.2, 0) is 11.8 Å². The fourth-order valence-corrected chi connectivity index (χ4v) is 4.72. The molecule has 1 aliphatic carbocycles. The fraction of sp³-hybridized carbons (Fsp3) is 0.250. The van der Waals surface area contributed by atoms with Gasteiger partial charge < -0.3 is 10.2 Å². The summed E-state index contributed by atoms with van der Waals surface area (Å²) in [6.45, 7) is 1.49. The molecule has 1 aromatic heterocycles. The number of anilines is 2. The number of pyridine rings is 1. The SMILES string of the molecule is O=C(c1cccc(-c2cnc3c(c2)C2(CC2)CN3)c1F)N1CCc2ccccc21. The number of amides is 1. The number of rotatable bonds is 2. The molecule has 5 heteroatoms. The van der Waals surface area contributed by atoms with Gasteiger partial charge in [0.2, 0.25) is 0 Å². The number of hydrogen-bond acceptors (Lipinski definition) is 3. The van der Waals surface area contributed by atoms with Gasteiger partial charge in [0.25, 0.3) is 5.91 Å². The number of nitrogens with zero attached hydrogens (tertiary/aromatic N) is 2. The van der Waals surface area contributed by atoms with Crippen molar-refractivity contribution in [3.8, 4) is 11.1 Å². The van der Waals surface area contributed by atoms with E-state index in [1.54, 1.807) is 29.3 Å². The van der Waals surface area contributed by atoms with Gasteiger partial charge in [-0.25, -0.2) is 9.37 Å². The van der Waals surface area contributed by atoms with Gasteiger partial charge in [-0.3, -0.25) is 4.79 Å². The maximum atomic E-state index is 15.5. The maximum Gasteiger partial charge on any atom is 0.261 e. The third kappa shape index (κ3) is 2.43. The number of para-hydroxylation sites is 1. The lowest BCUT2D eigenvalue weighted by atomic mass is 9.96. The highest BCUT2D eigenvalue weighted by Crippen LogP contribution is 2.54. The van der Waals surface area contributed by atoms with Crippen molar-refractivity contribution in [1.29, 1.82) is 0 Å². The summed E-state index contributed by atoms with van der Waals surface area (Å²) in [5.74, 6) is 0.149. The lowest BCUT2D eigenvalue weighted by molar-refractivity contribution is 0.0985. The second-order valence-corrected chi connectivity index (χ2v) is 8.26. The molecular weight excluding hydrogens is 365 g/mol. The highest BCUT2D eigenvalue weighted by atomic mass is 19.1. The Balaban J connectivity index is 1.39. The largest absolute Gasteiger partial charge is 0.369 e. The molecule has 0 bridgehead atoms. The first-order valence-electron chi connectivity index (χ1n) is 10.1. The lowest BCUT2D eigenvalue weighted by Crippen LogP contribution is -2.29. The molecule has 1 fully saturated rings. The van der Waals surface area contributed by atoms with E-state index in [1.165, 1.54) is 5.56 Å². The van der Waals surface area contributed by atoms with E-state index < -0.39 is 5.82 Å². The molecule has 1 spiro atoms. The molecule has 6 rings (SSSR count). The van der Waals surface area contributed by atoms with Crippen LogP contribution in [0.2, 0.25) is 0 Å². The van der Waals surface area contributed by atoms with Crippen molar-refractivity contribution in [3.63, 3.8) is 0 Å². The number of carbonyl (C=O) groups is 1. The molecule has 2 aromatic carbocycles. The van der Waals surface area contributed by atoms with Crippen molar-refractivity contribution in [2.45, 2.75) is 24.7 Å². The zero-order valence-electron chi connectivity index (χ0n) is 15.9. The molecule has 3 aromatic rings. The van der Waals surface area contributed by atoms with Crippen LogP contribution in [0.25, 0.3) is 11.1 Å². The van der Waals surface area contributed by atoms with Gasteiger partial charge in [-0.05, 0) is 43.0 Å². The molecule has 1 saturated carbocycles. The van der Waals surface area contributed by atoms with Crippen molar-refractivity contribution in [2.24, 2.45) is 0 Å². The Kier molecular flexibility index (Phi) is 3.40. The van der Waals surface area contributed by atoms with Gasteiger partial charge in [-0.15, -0.1) is 0 Å². The van der Waals surface area contributed by atoms with Crippen LogP contribution in [0.3, 0.4) is 0 Å². The van der Waals surface area contributed by atoms with Crippen LogP contribution < -0.4 is 10.2 Å². The smallest absolute Gasteiger partial charge is 0.261 e. The van der Waals surface area contributed by atoms with Gasteiger partial charge >= 0.3 is 0 Å². The molecule has 1 N–H and O–H groups in total. The molecule has 144 valence electrons. The first kappa shape index (κ1) is 16.7. The number of nitrogens with one attached hydrogen (secondary N) is 1. The van der Waals surface area contributed by atoms with Gasteiger partial charge in [0, 0.05) is 47.1 Å². The van der Waals surface area contributed by atoms with Crippen LogP contribution in [0.15, 0.2) is 54.7 Å². The first-order valence-corrected chi connectivity index (χ1v) is 10.1. The van der Waals surface area contributed by atoms with E-state index in [0.29, 0.717) is 12.1 Å². The standard InChI is InChI=1S/C24H20FN3O/c25-21-17(16-12-19-22(26-13-16)27-14-24(19)9-10-24)5-3-6-18(21)23(29)28-11-8-15-4-1-2-7-20(15)28/h1-7,12-13H,8-11,14H2,(H,26,27). The highest BCUT2D eigenvalue weighted by molar-refractivity contribution is 6.08. The summed E-state index contributed by atoms with van der Waals surface area (Å²) in [5, 5.41) is 3.36. The van der Waals surface area contributed by atoms with E-state index in [9.17, 15) is 4.79 Å². The Hall–Kier alpha value is -3.21. The molecule has 1 amide bonds. The van der Waals surface area contributed by atoms with Gasteiger partial charge in [0.1, 0.15) is 11.6 Å². The summed E-state index contributed by atoms with van der Waals surface area (Å²) in [5.41, 5.74) is 4.64. The number of aromatic nitrogens is 1. The van der Waals surface area contributed by atoms with Gasteiger partial charge in [-0.1, -0.05) is 30.3 Å². The third-order valence-electron chi connectivity index (χ3n) is 6.58. The molecule has 4 nitrogen and oxygen atoms in total. The summed E-state index contributed by atoms with van der Waals surface area (Å²) in [6, 6.07) is 14.9. The summed E-state index contributed by atoms with van der Waals surface area (Å²) < 4.78 is 15.5. The number of hydrogen-bond donors (Lipinski definition) is 1. The number of halogens is 1. The normalized spacial score (nSPS) is 17.8. The van der Waals surface area contributed by atoms with Gasteiger partial charge in [0.05, 0.1) is 5.56 Å². The van der Waals surface area contributed by atoms with E-state index in [1.807, 2.05) is 30.3 Å².